The number of phenols is 2. The summed E-state index contributed by atoms with van der Waals surface area (Å²) in [5, 5.41) is 28.6. The summed E-state index contributed by atoms with van der Waals surface area (Å²) in [4.78, 5) is 10.8. The van der Waals surface area contributed by atoms with Gasteiger partial charge in [-0.2, -0.15) is 0 Å². The number of carboxylic acids is 1. The molecule has 0 spiro atoms. The minimum Gasteiger partial charge on any atom is -0.504 e. The third-order valence-corrected chi connectivity index (χ3v) is 4.07. The second-order valence-electron chi connectivity index (χ2n) is 5.84. The van der Waals surface area contributed by atoms with Gasteiger partial charge in [-0.15, -0.1) is 0 Å². The number of furan rings is 1. The molecule has 0 bridgehead atoms. The van der Waals surface area contributed by atoms with E-state index in [9.17, 15) is 15.0 Å². The van der Waals surface area contributed by atoms with Crippen molar-refractivity contribution >= 4 is 12.0 Å². The molecule has 0 aliphatic carbocycles. The fourth-order valence-corrected chi connectivity index (χ4v) is 2.74. The molecule has 3 rings (SSSR count). The zero-order valence-corrected chi connectivity index (χ0v) is 15.2. The summed E-state index contributed by atoms with van der Waals surface area (Å²) in [6.45, 7) is 0. The number of phenolic OH excluding ortho intramolecular Hbond substituents is 2. The van der Waals surface area contributed by atoms with Crippen LogP contribution in [0.5, 0.6) is 23.0 Å². The molecule has 0 fully saturated rings. The first-order valence-electron chi connectivity index (χ1n) is 8.22. The molecule has 0 saturated carbocycles. The lowest BCUT2D eigenvalue weighted by molar-refractivity contribution is -0.131. The zero-order chi connectivity index (χ0) is 20.3. The topological polar surface area (TPSA) is 109 Å². The van der Waals surface area contributed by atoms with E-state index in [1.807, 2.05) is 0 Å². The van der Waals surface area contributed by atoms with E-state index in [0.717, 1.165) is 6.08 Å². The first kappa shape index (κ1) is 18.9. The minimum atomic E-state index is -1.10. The van der Waals surface area contributed by atoms with Crippen LogP contribution < -0.4 is 9.47 Å². The predicted molar refractivity (Wildman–Crippen MR) is 103 cm³/mol. The maximum atomic E-state index is 10.8. The lowest BCUT2D eigenvalue weighted by Gasteiger charge is -2.09. The van der Waals surface area contributed by atoms with E-state index in [2.05, 4.69) is 0 Å². The molecule has 0 aliphatic rings. The van der Waals surface area contributed by atoms with Crippen LogP contribution in [0, 0.1) is 0 Å². The summed E-state index contributed by atoms with van der Waals surface area (Å²) >= 11 is 0. The van der Waals surface area contributed by atoms with Gasteiger partial charge in [-0.1, -0.05) is 6.07 Å². The normalized spacial score (nSPS) is 10.9. The highest BCUT2D eigenvalue weighted by atomic mass is 16.5. The van der Waals surface area contributed by atoms with Crippen molar-refractivity contribution in [3.05, 3.63) is 54.3 Å². The van der Waals surface area contributed by atoms with Crippen molar-refractivity contribution in [1.82, 2.24) is 0 Å². The second kappa shape index (κ2) is 7.79. The van der Waals surface area contributed by atoms with Gasteiger partial charge in [0.2, 0.25) is 0 Å². The van der Waals surface area contributed by atoms with Crippen LogP contribution in [0.15, 0.2) is 53.0 Å². The lowest BCUT2D eigenvalue weighted by atomic mass is 10.0. The predicted octanol–water partition coefficient (Wildman–Crippen LogP) is 4.14. The molecule has 0 aliphatic heterocycles. The Bertz CT molecular complexity index is 976. The smallest absolute Gasteiger partial charge is 0.328 e. The summed E-state index contributed by atoms with van der Waals surface area (Å²) < 4.78 is 16.2. The standard InChI is InChI=1S/C21H18O7/c1-26-18-9-12(3-6-16(18)22)15-11-14(5-8-20(24)25)28-21(15)13-4-7-17(23)19(10-13)27-2/h3-11,22-23H,1-2H3,(H,24,25)/b8-5+. The van der Waals surface area contributed by atoms with Crippen molar-refractivity contribution in [1.29, 1.82) is 0 Å². The highest BCUT2D eigenvalue weighted by molar-refractivity contribution is 5.87. The van der Waals surface area contributed by atoms with Crippen molar-refractivity contribution in [2.24, 2.45) is 0 Å². The number of carboxylic acid groups (broad SMARTS) is 1. The van der Waals surface area contributed by atoms with Gasteiger partial charge in [-0.25, -0.2) is 4.79 Å². The number of aliphatic carboxylic acids is 1. The molecule has 0 saturated heterocycles. The summed E-state index contributed by atoms with van der Waals surface area (Å²) in [6.07, 6.45) is 2.31. The molecule has 3 aromatic rings. The number of aromatic hydroxyl groups is 2. The Morgan fingerprint density at radius 3 is 2.07 bits per heavy atom. The average molecular weight is 382 g/mol. The highest BCUT2D eigenvalue weighted by Gasteiger charge is 2.17. The summed E-state index contributed by atoms with van der Waals surface area (Å²) in [5.74, 6) is 0.200. The van der Waals surface area contributed by atoms with Gasteiger partial charge in [0.05, 0.1) is 14.2 Å². The molecule has 144 valence electrons. The Labute approximate surface area is 160 Å². The van der Waals surface area contributed by atoms with E-state index in [1.54, 1.807) is 30.3 Å². The molecule has 1 aromatic heterocycles. The van der Waals surface area contributed by atoms with Crippen LogP contribution in [0.2, 0.25) is 0 Å². The first-order chi connectivity index (χ1) is 13.4. The molecule has 0 amide bonds. The van der Waals surface area contributed by atoms with E-state index in [-0.39, 0.29) is 23.0 Å². The van der Waals surface area contributed by atoms with Crippen LogP contribution in [-0.2, 0) is 4.79 Å². The lowest BCUT2D eigenvalue weighted by Crippen LogP contribution is -1.87. The van der Waals surface area contributed by atoms with Crippen LogP contribution in [0.4, 0.5) is 0 Å². The Kier molecular flexibility index (Phi) is 5.26. The SMILES string of the molecule is COc1cc(-c2cc(/C=C/C(=O)O)oc2-c2ccc(O)c(OC)c2)ccc1O. The molecular weight excluding hydrogens is 364 g/mol. The van der Waals surface area contributed by atoms with Gasteiger partial charge >= 0.3 is 5.97 Å². The maximum Gasteiger partial charge on any atom is 0.328 e. The van der Waals surface area contributed by atoms with E-state index in [0.29, 0.717) is 28.2 Å². The molecule has 1 heterocycles. The van der Waals surface area contributed by atoms with Gasteiger partial charge in [0.15, 0.2) is 23.0 Å². The summed E-state index contributed by atoms with van der Waals surface area (Å²) in [6, 6.07) is 11.3. The van der Waals surface area contributed by atoms with Crippen molar-refractivity contribution < 1.29 is 34.0 Å². The average Bonchev–Trinajstić information content (AvgIpc) is 3.11. The number of rotatable bonds is 6. The van der Waals surface area contributed by atoms with Crippen LogP contribution in [0.25, 0.3) is 28.5 Å². The molecule has 0 atom stereocenters. The van der Waals surface area contributed by atoms with Crippen molar-refractivity contribution in [3.63, 3.8) is 0 Å². The van der Waals surface area contributed by atoms with Gasteiger partial charge in [-0.3, -0.25) is 0 Å². The second-order valence-corrected chi connectivity index (χ2v) is 5.84. The number of ether oxygens (including phenoxy) is 2. The van der Waals surface area contributed by atoms with Gasteiger partial charge in [0.25, 0.3) is 0 Å². The summed E-state index contributed by atoms with van der Waals surface area (Å²) in [7, 11) is 2.88. The molecule has 3 N–H and O–H groups in total. The molecule has 7 nitrogen and oxygen atoms in total. The highest BCUT2D eigenvalue weighted by Crippen LogP contribution is 2.41. The fourth-order valence-electron chi connectivity index (χ4n) is 2.74. The third-order valence-electron chi connectivity index (χ3n) is 4.07. The largest absolute Gasteiger partial charge is 0.504 e. The number of methoxy groups -OCH3 is 2. The number of carbonyl (C=O) groups is 1. The molecular formula is C21H18O7. The number of benzene rings is 2. The third kappa shape index (κ3) is 3.78. The Morgan fingerprint density at radius 2 is 1.50 bits per heavy atom. The van der Waals surface area contributed by atoms with E-state index < -0.39 is 5.97 Å². The number of hydrogen-bond acceptors (Lipinski definition) is 6. The Morgan fingerprint density at radius 1 is 0.929 bits per heavy atom. The van der Waals surface area contributed by atoms with Crippen LogP contribution >= 0.6 is 0 Å². The zero-order valence-electron chi connectivity index (χ0n) is 15.2. The van der Waals surface area contributed by atoms with Gasteiger partial charge < -0.3 is 29.2 Å². The molecule has 0 unspecified atom stereocenters. The molecule has 7 heteroatoms. The fraction of sp³-hybridized carbons (Fsp3) is 0.0952. The quantitative estimate of drug-likeness (QED) is 0.550. The summed E-state index contributed by atoms with van der Waals surface area (Å²) in [5.41, 5.74) is 1.96. The monoisotopic (exact) mass is 382 g/mol. The van der Waals surface area contributed by atoms with Crippen molar-refractivity contribution in [2.75, 3.05) is 14.2 Å². The number of hydrogen-bond donors (Lipinski definition) is 3. The van der Waals surface area contributed by atoms with Gasteiger partial charge in [-0.05, 0) is 48.0 Å². The molecule has 0 radical (unpaired) electrons. The first-order valence-corrected chi connectivity index (χ1v) is 8.22. The van der Waals surface area contributed by atoms with Crippen molar-refractivity contribution in [3.8, 4) is 45.4 Å². The van der Waals surface area contributed by atoms with Crippen LogP contribution in [-0.4, -0.2) is 35.5 Å². The Balaban J connectivity index is 2.19. The maximum absolute atomic E-state index is 10.8. The molecule has 28 heavy (non-hydrogen) atoms. The van der Waals surface area contributed by atoms with E-state index in [1.165, 1.54) is 32.4 Å². The minimum absolute atomic E-state index is 0.00593. The van der Waals surface area contributed by atoms with Crippen LogP contribution in [0.3, 0.4) is 0 Å². The van der Waals surface area contributed by atoms with Crippen molar-refractivity contribution in [2.45, 2.75) is 0 Å². The Hall–Kier alpha value is -3.87. The van der Waals surface area contributed by atoms with E-state index in [4.69, 9.17) is 19.0 Å². The van der Waals surface area contributed by atoms with Crippen LogP contribution in [0.1, 0.15) is 5.76 Å². The molecule has 2 aromatic carbocycles. The van der Waals surface area contributed by atoms with Gasteiger partial charge in [0, 0.05) is 17.2 Å². The van der Waals surface area contributed by atoms with Gasteiger partial charge in [0.1, 0.15) is 11.5 Å². The van der Waals surface area contributed by atoms with E-state index >= 15 is 0 Å².